The maximum atomic E-state index is 13.4. The fraction of sp³-hybridized carbons (Fsp3) is 0.455. The Labute approximate surface area is 107 Å². The molecule has 0 bridgehead atoms. The van der Waals surface area contributed by atoms with Crippen molar-refractivity contribution in [2.75, 3.05) is 12.3 Å². The van der Waals surface area contributed by atoms with Crippen LogP contribution >= 0.6 is 22.6 Å². The molecule has 88 valence electrons. The number of hydrogen-bond donors (Lipinski definition) is 3. The van der Waals surface area contributed by atoms with Gasteiger partial charge in [-0.05, 0) is 53.1 Å². The van der Waals surface area contributed by atoms with Gasteiger partial charge in [0.25, 0.3) is 0 Å². The molecule has 16 heavy (non-hydrogen) atoms. The summed E-state index contributed by atoms with van der Waals surface area (Å²) >= 11 is 1.97. The summed E-state index contributed by atoms with van der Waals surface area (Å²) in [5.41, 5.74) is 6.22. The van der Waals surface area contributed by atoms with Gasteiger partial charge in [0.1, 0.15) is 5.82 Å². The van der Waals surface area contributed by atoms with E-state index in [1.54, 1.807) is 6.07 Å². The quantitative estimate of drug-likeness (QED) is 0.581. The average molecular weight is 336 g/mol. The van der Waals surface area contributed by atoms with Gasteiger partial charge in [-0.3, -0.25) is 0 Å². The number of halogens is 2. The Morgan fingerprint density at radius 1 is 1.56 bits per heavy atom. The first-order valence-corrected chi connectivity index (χ1v) is 6.31. The number of nitrogens with two attached hydrogens (primary N) is 1. The summed E-state index contributed by atoms with van der Waals surface area (Å²) in [7, 11) is 0. The van der Waals surface area contributed by atoms with Crippen molar-refractivity contribution in [1.82, 2.24) is 5.32 Å². The van der Waals surface area contributed by atoms with E-state index in [0.717, 1.165) is 0 Å². The third-order valence-corrected chi connectivity index (χ3v) is 3.56. The Balaban J connectivity index is 2.06. The molecule has 0 radical (unpaired) electrons. The third-order valence-electron chi connectivity index (χ3n) is 2.66. The van der Waals surface area contributed by atoms with E-state index in [1.807, 2.05) is 22.6 Å². The van der Waals surface area contributed by atoms with Crippen molar-refractivity contribution < 1.29 is 9.50 Å². The second-order valence-corrected chi connectivity index (χ2v) is 5.26. The van der Waals surface area contributed by atoms with E-state index in [1.165, 1.54) is 18.9 Å². The zero-order chi connectivity index (χ0) is 11.7. The van der Waals surface area contributed by atoms with Crippen LogP contribution < -0.4 is 11.1 Å². The first-order valence-electron chi connectivity index (χ1n) is 5.24. The molecule has 1 saturated carbocycles. The van der Waals surface area contributed by atoms with Gasteiger partial charge in [0.2, 0.25) is 0 Å². The van der Waals surface area contributed by atoms with Gasteiger partial charge in [-0.15, -0.1) is 0 Å². The van der Waals surface area contributed by atoms with Gasteiger partial charge in [0.15, 0.2) is 0 Å². The number of rotatable bonds is 4. The Morgan fingerprint density at radius 2 is 2.25 bits per heavy atom. The zero-order valence-electron chi connectivity index (χ0n) is 8.71. The molecule has 0 amide bonds. The van der Waals surface area contributed by atoms with Gasteiger partial charge in [-0.25, -0.2) is 4.39 Å². The lowest BCUT2D eigenvalue weighted by molar-refractivity contribution is 0.174. The molecule has 1 atom stereocenters. The molecule has 1 fully saturated rings. The highest BCUT2D eigenvalue weighted by Gasteiger charge is 2.22. The van der Waals surface area contributed by atoms with Crippen LogP contribution in [0.4, 0.5) is 10.1 Å². The van der Waals surface area contributed by atoms with Crippen LogP contribution in [-0.4, -0.2) is 17.7 Å². The predicted octanol–water partition coefficient (Wildman–Crippen LogP) is 1.80. The number of benzene rings is 1. The number of nitrogens with one attached hydrogen (secondary N) is 1. The van der Waals surface area contributed by atoms with E-state index in [4.69, 9.17) is 5.73 Å². The summed E-state index contributed by atoms with van der Waals surface area (Å²) in [5.74, 6) is -0.465. The normalized spacial score (nSPS) is 17.4. The summed E-state index contributed by atoms with van der Waals surface area (Å²) in [4.78, 5) is 0. The molecule has 4 N–H and O–H groups in total. The molecule has 5 heteroatoms. The fourth-order valence-corrected chi connectivity index (χ4v) is 2.10. The fourth-order valence-electron chi connectivity index (χ4n) is 1.48. The molecule has 2 rings (SSSR count). The van der Waals surface area contributed by atoms with Gasteiger partial charge in [-0.1, -0.05) is 0 Å². The van der Waals surface area contributed by atoms with Crippen LogP contribution in [-0.2, 0) is 0 Å². The minimum absolute atomic E-state index is 0.145. The van der Waals surface area contributed by atoms with Gasteiger partial charge < -0.3 is 16.2 Å². The molecule has 1 aliphatic rings. The summed E-state index contributed by atoms with van der Waals surface area (Å²) in [6.45, 7) is 0.462. The van der Waals surface area contributed by atoms with Crippen molar-refractivity contribution in [2.45, 2.75) is 25.0 Å². The molecule has 0 aromatic heterocycles. The first kappa shape index (κ1) is 12.1. The van der Waals surface area contributed by atoms with Crippen molar-refractivity contribution >= 4 is 28.3 Å². The lowest BCUT2D eigenvalue weighted by atomic mass is 10.1. The van der Waals surface area contributed by atoms with Crippen LogP contribution in [0.15, 0.2) is 12.1 Å². The molecule has 0 aliphatic heterocycles. The molecule has 1 unspecified atom stereocenters. The van der Waals surface area contributed by atoms with Gasteiger partial charge >= 0.3 is 0 Å². The monoisotopic (exact) mass is 336 g/mol. The van der Waals surface area contributed by atoms with Crippen molar-refractivity contribution in [2.24, 2.45) is 0 Å². The maximum Gasteiger partial charge on any atom is 0.147 e. The van der Waals surface area contributed by atoms with Crippen molar-refractivity contribution in [3.8, 4) is 0 Å². The van der Waals surface area contributed by atoms with Crippen molar-refractivity contribution in [3.05, 3.63) is 27.1 Å². The molecule has 1 aromatic carbocycles. The Morgan fingerprint density at radius 3 is 2.81 bits per heavy atom. The lowest BCUT2D eigenvalue weighted by Crippen LogP contribution is -2.23. The van der Waals surface area contributed by atoms with Crippen LogP contribution in [0.2, 0.25) is 0 Å². The molecule has 1 aliphatic carbocycles. The second-order valence-electron chi connectivity index (χ2n) is 4.10. The van der Waals surface area contributed by atoms with Gasteiger partial charge in [-0.2, -0.15) is 0 Å². The molecule has 0 heterocycles. The Kier molecular flexibility index (Phi) is 3.66. The first-order chi connectivity index (χ1) is 7.58. The zero-order valence-corrected chi connectivity index (χ0v) is 10.9. The largest absolute Gasteiger partial charge is 0.395 e. The summed E-state index contributed by atoms with van der Waals surface area (Å²) in [5, 5.41) is 13.1. The molecule has 0 saturated heterocycles. The Bertz CT molecular complexity index is 373. The van der Waals surface area contributed by atoms with Gasteiger partial charge in [0.05, 0.1) is 11.8 Å². The SMILES string of the molecule is Nc1c(F)cc(C(O)CNC2CC2)cc1I. The summed E-state index contributed by atoms with van der Waals surface area (Å²) < 4.78 is 14.0. The van der Waals surface area contributed by atoms with E-state index in [0.29, 0.717) is 21.7 Å². The van der Waals surface area contributed by atoms with Crippen LogP contribution in [0.1, 0.15) is 24.5 Å². The minimum Gasteiger partial charge on any atom is -0.395 e. The Hall–Kier alpha value is -0.400. The highest BCUT2D eigenvalue weighted by molar-refractivity contribution is 14.1. The van der Waals surface area contributed by atoms with Crippen LogP contribution in [0.5, 0.6) is 0 Å². The number of hydrogen-bond acceptors (Lipinski definition) is 3. The molecular formula is C11H14FIN2O. The average Bonchev–Trinajstić information content (AvgIpc) is 3.05. The van der Waals surface area contributed by atoms with E-state index >= 15 is 0 Å². The van der Waals surface area contributed by atoms with Crippen molar-refractivity contribution in [3.63, 3.8) is 0 Å². The van der Waals surface area contributed by atoms with E-state index < -0.39 is 11.9 Å². The number of aliphatic hydroxyl groups is 1. The molecule has 1 aromatic rings. The lowest BCUT2D eigenvalue weighted by Gasteiger charge is -2.13. The van der Waals surface area contributed by atoms with E-state index in [2.05, 4.69) is 5.32 Å². The van der Waals surface area contributed by atoms with Crippen molar-refractivity contribution in [1.29, 1.82) is 0 Å². The summed E-state index contributed by atoms with van der Waals surface area (Å²) in [6, 6.07) is 3.56. The third kappa shape index (κ3) is 2.83. The topological polar surface area (TPSA) is 58.3 Å². The van der Waals surface area contributed by atoms with Crippen LogP contribution in [0.25, 0.3) is 0 Å². The highest BCUT2D eigenvalue weighted by Crippen LogP contribution is 2.25. The predicted molar refractivity (Wildman–Crippen MR) is 69.5 cm³/mol. The van der Waals surface area contributed by atoms with Gasteiger partial charge in [0, 0.05) is 16.2 Å². The molecule has 0 spiro atoms. The van der Waals surface area contributed by atoms with E-state index in [-0.39, 0.29) is 5.69 Å². The van der Waals surface area contributed by atoms with E-state index in [9.17, 15) is 9.50 Å². The molecule has 3 nitrogen and oxygen atoms in total. The standard InChI is InChI=1S/C11H14FIN2O/c12-8-3-6(4-9(13)11(8)14)10(16)5-15-7-1-2-7/h3-4,7,10,15-16H,1-2,5,14H2. The maximum absolute atomic E-state index is 13.4. The van der Waals surface area contributed by atoms with Crippen LogP contribution in [0.3, 0.4) is 0 Å². The second kappa shape index (κ2) is 4.85. The van der Waals surface area contributed by atoms with Crippen LogP contribution in [0, 0.1) is 9.39 Å². The molecular weight excluding hydrogens is 322 g/mol. The minimum atomic E-state index is -0.677. The smallest absolute Gasteiger partial charge is 0.147 e. The highest BCUT2D eigenvalue weighted by atomic mass is 127. The summed E-state index contributed by atoms with van der Waals surface area (Å²) in [6.07, 6.45) is 1.66. The number of nitrogen functional groups attached to an aromatic ring is 1. The number of aliphatic hydroxyl groups excluding tert-OH is 1. The number of anilines is 1.